The summed E-state index contributed by atoms with van der Waals surface area (Å²) in [7, 11) is 1.64. The van der Waals surface area contributed by atoms with Crippen LogP contribution >= 0.6 is 11.8 Å². The third-order valence-corrected chi connectivity index (χ3v) is 4.18. The number of methoxy groups -OCH3 is 1. The molecule has 0 aliphatic heterocycles. The zero-order chi connectivity index (χ0) is 13.7. The van der Waals surface area contributed by atoms with E-state index in [-0.39, 0.29) is 6.04 Å². The Labute approximate surface area is 118 Å². The molecule has 0 bridgehead atoms. The lowest BCUT2D eigenvalue weighted by Gasteiger charge is -2.14. The Morgan fingerprint density at radius 1 is 1.26 bits per heavy atom. The second-order valence-electron chi connectivity index (χ2n) is 4.27. The lowest BCUT2D eigenvalue weighted by molar-refractivity contribution is 0.404. The van der Waals surface area contributed by atoms with Gasteiger partial charge >= 0.3 is 0 Å². The van der Waals surface area contributed by atoms with Gasteiger partial charge < -0.3 is 10.5 Å². The normalized spacial score (nSPS) is 12.2. The number of aromatic nitrogens is 1. The third-order valence-electron chi connectivity index (χ3n) is 2.88. The second-order valence-corrected chi connectivity index (χ2v) is 5.34. The van der Waals surface area contributed by atoms with Gasteiger partial charge in [-0.2, -0.15) is 0 Å². The largest absolute Gasteiger partial charge is 0.495 e. The molecule has 0 aliphatic carbocycles. The molecule has 1 atom stereocenters. The summed E-state index contributed by atoms with van der Waals surface area (Å²) in [6.07, 6.45) is 1.75. The van der Waals surface area contributed by atoms with E-state index in [2.05, 4.69) is 24.0 Å². The molecule has 2 N–H and O–H groups in total. The number of hydrogen-bond donors (Lipinski definition) is 1. The van der Waals surface area contributed by atoms with Crippen molar-refractivity contribution in [2.24, 2.45) is 5.73 Å². The average Bonchev–Trinajstić information content (AvgIpc) is 2.46. The third kappa shape index (κ3) is 3.49. The van der Waals surface area contributed by atoms with Gasteiger partial charge in [0.2, 0.25) is 0 Å². The minimum atomic E-state index is -0.138. The number of benzene rings is 1. The summed E-state index contributed by atoms with van der Waals surface area (Å²) in [5, 5.41) is 0. The zero-order valence-electron chi connectivity index (χ0n) is 11.2. The number of pyridine rings is 1. The van der Waals surface area contributed by atoms with Crippen molar-refractivity contribution in [2.45, 2.75) is 17.9 Å². The first-order chi connectivity index (χ1) is 9.22. The molecule has 0 saturated heterocycles. The van der Waals surface area contributed by atoms with Crippen molar-refractivity contribution in [2.75, 3.05) is 12.9 Å². The summed E-state index contributed by atoms with van der Waals surface area (Å²) in [5.41, 5.74) is 8.29. The fraction of sp³-hybridized carbons (Fsp3) is 0.267. The highest BCUT2D eigenvalue weighted by Gasteiger charge is 2.13. The van der Waals surface area contributed by atoms with Crippen molar-refractivity contribution < 1.29 is 4.74 Å². The van der Waals surface area contributed by atoms with Crippen molar-refractivity contribution in [3.05, 3.63) is 53.9 Å². The maximum atomic E-state index is 6.21. The first-order valence-electron chi connectivity index (χ1n) is 6.15. The number of thioether (sulfide) groups is 1. The van der Waals surface area contributed by atoms with Crippen LogP contribution < -0.4 is 10.5 Å². The molecule has 100 valence electrons. The Balaban J connectivity index is 2.05. The summed E-state index contributed by atoms with van der Waals surface area (Å²) in [4.78, 5) is 5.58. The lowest BCUT2D eigenvalue weighted by atomic mass is 10.2. The predicted molar refractivity (Wildman–Crippen MR) is 79.6 cm³/mol. The minimum Gasteiger partial charge on any atom is -0.495 e. The van der Waals surface area contributed by atoms with E-state index < -0.39 is 0 Å². The van der Waals surface area contributed by atoms with Crippen LogP contribution in [0.1, 0.15) is 17.3 Å². The molecule has 2 rings (SSSR count). The maximum absolute atomic E-state index is 6.21. The number of ether oxygens (including phenoxy) is 1. The van der Waals surface area contributed by atoms with Gasteiger partial charge in [0, 0.05) is 16.8 Å². The van der Waals surface area contributed by atoms with E-state index in [1.54, 1.807) is 25.1 Å². The molecule has 1 aromatic carbocycles. The molecule has 3 nitrogen and oxygen atoms in total. The highest BCUT2D eigenvalue weighted by molar-refractivity contribution is 7.99. The Bertz CT molecular complexity index is 545. The van der Waals surface area contributed by atoms with Crippen molar-refractivity contribution in [1.29, 1.82) is 0 Å². The molecule has 2 aromatic rings. The van der Waals surface area contributed by atoms with E-state index in [4.69, 9.17) is 10.5 Å². The molecule has 0 fully saturated rings. The van der Waals surface area contributed by atoms with Crippen LogP contribution in [0.5, 0.6) is 5.75 Å². The summed E-state index contributed by atoms with van der Waals surface area (Å²) < 4.78 is 5.29. The lowest BCUT2D eigenvalue weighted by Crippen LogP contribution is -2.15. The van der Waals surface area contributed by atoms with Gasteiger partial charge in [-0.25, -0.2) is 0 Å². The van der Waals surface area contributed by atoms with Gasteiger partial charge in [0.1, 0.15) is 5.75 Å². The molecular weight excluding hydrogens is 256 g/mol. The van der Waals surface area contributed by atoms with Crippen LogP contribution in [-0.2, 0) is 0 Å². The van der Waals surface area contributed by atoms with E-state index in [1.165, 1.54) is 10.5 Å². The first kappa shape index (κ1) is 13.9. The molecule has 19 heavy (non-hydrogen) atoms. The molecule has 0 spiro atoms. The average molecular weight is 274 g/mol. The minimum absolute atomic E-state index is 0.138. The number of nitrogens with zero attached hydrogens (tertiary/aromatic N) is 1. The molecule has 0 radical (unpaired) electrons. The van der Waals surface area contributed by atoms with E-state index in [9.17, 15) is 0 Å². The Kier molecular flexibility index (Phi) is 4.82. The Hall–Kier alpha value is -1.52. The molecule has 0 aliphatic rings. The molecule has 0 amide bonds. The Morgan fingerprint density at radius 3 is 2.79 bits per heavy atom. The first-order valence-corrected chi connectivity index (χ1v) is 7.14. The zero-order valence-corrected chi connectivity index (χ0v) is 12.0. The van der Waals surface area contributed by atoms with Crippen molar-refractivity contribution in [3.63, 3.8) is 0 Å². The van der Waals surface area contributed by atoms with Gasteiger partial charge in [-0.3, -0.25) is 4.98 Å². The summed E-state index contributed by atoms with van der Waals surface area (Å²) in [5.74, 6) is 1.53. The molecule has 1 aromatic heterocycles. The predicted octanol–water partition coefficient (Wildman–Crippen LogP) is 3.19. The number of hydrogen-bond acceptors (Lipinski definition) is 4. The monoisotopic (exact) mass is 274 g/mol. The molecule has 4 heteroatoms. The molecular formula is C15H18N2OS. The molecule has 1 heterocycles. The smallest absolute Gasteiger partial charge is 0.142 e. The molecule has 0 saturated carbocycles. The van der Waals surface area contributed by atoms with Crippen molar-refractivity contribution in [1.82, 2.24) is 4.98 Å². The quantitative estimate of drug-likeness (QED) is 0.851. The Morgan fingerprint density at radius 2 is 2.05 bits per heavy atom. The highest BCUT2D eigenvalue weighted by atomic mass is 32.2. The fourth-order valence-corrected chi connectivity index (χ4v) is 2.82. The van der Waals surface area contributed by atoms with Crippen LogP contribution in [-0.4, -0.2) is 17.8 Å². The van der Waals surface area contributed by atoms with Crippen molar-refractivity contribution in [3.8, 4) is 5.75 Å². The van der Waals surface area contributed by atoms with E-state index in [1.807, 2.05) is 24.3 Å². The van der Waals surface area contributed by atoms with Crippen molar-refractivity contribution >= 4 is 11.8 Å². The summed E-state index contributed by atoms with van der Waals surface area (Å²) in [6, 6.07) is 11.9. The second kappa shape index (κ2) is 6.59. The van der Waals surface area contributed by atoms with Crippen LogP contribution in [0.3, 0.4) is 0 Å². The van der Waals surface area contributed by atoms with Gasteiger partial charge in [0.15, 0.2) is 0 Å². The summed E-state index contributed by atoms with van der Waals surface area (Å²) >= 11 is 1.75. The van der Waals surface area contributed by atoms with E-state index in [0.29, 0.717) is 0 Å². The van der Waals surface area contributed by atoms with Gasteiger partial charge in [-0.05, 0) is 30.7 Å². The van der Waals surface area contributed by atoms with Gasteiger partial charge in [-0.1, -0.05) is 18.2 Å². The van der Waals surface area contributed by atoms with Crippen LogP contribution in [0.25, 0.3) is 0 Å². The number of rotatable bonds is 5. The van der Waals surface area contributed by atoms with E-state index in [0.717, 1.165) is 17.2 Å². The standard InChI is InChI=1S/C15H18N2OS/c1-11-6-3-4-8-14(11)19-10-12(16)15-13(18-2)7-5-9-17-15/h3-9,12H,10,16H2,1-2H3. The number of nitrogens with two attached hydrogens (primary N) is 1. The van der Waals surface area contributed by atoms with Gasteiger partial charge in [0.05, 0.1) is 18.8 Å². The van der Waals surface area contributed by atoms with E-state index >= 15 is 0 Å². The van der Waals surface area contributed by atoms with Gasteiger partial charge in [-0.15, -0.1) is 11.8 Å². The highest BCUT2D eigenvalue weighted by Crippen LogP contribution is 2.28. The molecule has 1 unspecified atom stereocenters. The summed E-state index contributed by atoms with van der Waals surface area (Å²) in [6.45, 7) is 2.11. The van der Waals surface area contributed by atoms with Crippen LogP contribution in [0.2, 0.25) is 0 Å². The van der Waals surface area contributed by atoms with Gasteiger partial charge in [0.25, 0.3) is 0 Å². The SMILES string of the molecule is COc1cccnc1C(N)CSc1ccccc1C. The number of aryl methyl sites for hydroxylation is 1. The maximum Gasteiger partial charge on any atom is 0.142 e. The van der Waals surface area contributed by atoms with Crippen LogP contribution in [0.4, 0.5) is 0 Å². The van der Waals surface area contributed by atoms with Crippen LogP contribution in [0.15, 0.2) is 47.5 Å². The van der Waals surface area contributed by atoms with Crippen LogP contribution in [0, 0.1) is 6.92 Å². The topological polar surface area (TPSA) is 48.1 Å². The fourth-order valence-electron chi connectivity index (χ4n) is 1.83.